The van der Waals surface area contributed by atoms with Crippen LogP contribution in [0.1, 0.15) is 6.92 Å². The lowest BCUT2D eigenvalue weighted by Gasteiger charge is -2.13. The first-order valence-electron chi connectivity index (χ1n) is 5.07. The highest BCUT2D eigenvalue weighted by Crippen LogP contribution is 2.26. The molecule has 0 saturated heterocycles. The second-order valence-corrected chi connectivity index (χ2v) is 5.21. The molecule has 2 atom stereocenters. The van der Waals surface area contributed by atoms with E-state index in [1.54, 1.807) is 25.1 Å². The van der Waals surface area contributed by atoms with Crippen LogP contribution in [-0.2, 0) is 15.6 Å². The normalized spacial score (nSPS) is 13.8. The molecule has 5 nitrogen and oxygen atoms in total. The Balaban J connectivity index is 3.08. The zero-order valence-electron chi connectivity index (χ0n) is 10.0. The summed E-state index contributed by atoms with van der Waals surface area (Å²) in [5.41, 5.74) is 6.13. The number of hydrogen-bond acceptors (Lipinski definition) is 4. The number of carbonyl (C=O) groups is 1. The van der Waals surface area contributed by atoms with Crippen LogP contribution >= 0.6 is 0 Å². The van der Waals surface area contributed by atoms with Crippen molar-refractivity contribution >= 4 is 22.4 Å². The Hall–Kier alpha value is -1.56. The molecular weight excluding hydrogens is 240 g/mol. The number of hydrogen-bond donors (Lipinski definition) is 2. The Morgan fingerprint density at radius 2 is 2.18 bits per heavy atom. The van der Waals surface area contributed by atoms with Gasteiger partial charge in [-0.3, -0.25) is 9.00 Å². The smallest absolute Gasteiger partial charge is 0.235 e. The third-order valence-electron chi connectivity index (χ3n) is 2.34. The number of nitrogen functional groups attached to an aromatic ring is 1. The van der Waals surface area contributed by atoms with Crippen LogP contribution in [0.25, 0.3) is 0 Å². The van der Waals surface area contributed by atoms with E-state index in [2.05, 4.69) is 5.32 Å². The lowest BCUT2D eigenvalue weighted by atomic mass is 10.3. The summed E-state index contributed by atoms with van der Waals surface area (Å²) in [5.74, 6) is 0.154. The van der Waals surface area contributed by atoms with Crippen LogP contribution in [-0.4, -0.2) is 29.5 Å². The second-order valence-electron chi connectivity index (χ2n) is 3.46. The highest BCUT2D eigenvalue weighted by atomic mass is 32.2. The summed E-state index contributed by atoms with van der Waals surface area (Å²) in [6.07, 6.45) is 0. The van der Waals surface area contributed by atoms with Gasteiger partial charge in [0.2, 0.25) is 5.91 Å². The molecular formula is C11H16N2O3S. The standard InChI is InChI=1S/C11H16N2O3S/c1-7(11(14)13-2)17(15)10-5-4-8(12)6-9(10)16-3/h4-7H,12H2,1-3H3,(H,13,14). The van der Waals surface area contributed by atoms with Crippen LogP contribution in [0, 0.1) is 0 Å². The van der Waals surface area contributed by atoms with Crippen molar-refractivity contribution < 1.29 is 13.7 Å². The maximum atomic E-state index is 12.2. The van der Waals surface area contributed by atoms with Gasteiger partial charge in [-0.25, -0.2) is 0 Å². The molecule has 1 amide bonds. The van der Waals surface area contributed by atoms with Gasteiger partial charge < -0.3 is 15.8 Å². The first-order valence-corrected chi connectivity index (χ1v) is 6.28. The topological polar surface area (TPSA) is 81.4 Å². The number of rotatable bonds is 4. The third-order valence-corrected chi connectivity index (χ3v) is 3.97. The van der Waals surface area contributed by atoms with Crippen LogP contribution in [0.3, 0.4) is 0 Å². The first kappa shape index (κ1) is 13.5. The number of carbonyl (C=O) groups excluding carboxylic acids is 1. The van der Waals surface area contributed by atoms with Gasteiger partial charge in [-0.15, -0.1) is 0 Å². The highest BCUT2D eigenvalue weighted by Gasteiger charge is 2.22. The van der Waals surface area contributed by atoms with E-state index in [0.717, 1.165) is 0 Å². The van der Waals surface area contributed by atoms with Crippen LogP contribution in [0.5, 0.6) is 5.75 Å². The molecule has 0 spiro atoms. The van der Waals surface area contributed by atoms with E-state index in [0.29, 0.717) is 16.3 Å². The maximum absolute atomic E-state index is 12.2. The van der Waals surface area contributed by atoms with E-state index < -0.39 is 16.0 Å². The van der Waals surface area contributed by atoms with Gasteiger partial charge in [0, 0.05) is 18.8 Å². The minimum atomic E-state index is -1.47. The van der Waals surface area contributed by atoms with Crippen molar-refractivity contribution in [1.82, 2.24) is 5.32 Å². The molecule has 0 saturated carbocycles. The summed E-state index contributed by atoms with van der Waals surface area (Å²) in [6, 6.07) is 4.83. The summed E-state index contributed by atoms with van der Waals surface area (Å²) >= 11 is 0. The minimum Gasteiger partial charge on any atom is -0.495 e. The fraction of sp³-hybridized carbons (Fsp3) is 0.364. The number of nitrogens with one attached hydrogen (secondary N) is 1. The molecule has 0 aliphatic rings. The van der Waals surface area contributed by atoms with Gasteiger partial charge in [0.15, 0.2) is 0 Å². The van der Waals surface area contributed by atoms with Gasteiger partial charge in [-0.1, -0.05) is 0 Å². The van der Waals surface area contributed by atoms with Crippen LogP contribution in [0.15, 0.2) is 23.1 Å². The van der Waals surface area contributed by atoms with Crippen LogP contribution in [0.4, 0.5) is 5.69 Å². The van der Waals surface area contributed by atoms with Crippen molar-refractivity contribution in [2.75, 3.05) is 19.9 Å². The van der Waals surface area contributed by atoms with Crippen molar-refractivity contribution in [3.8, 4) is 5.75 Å². The Kier molecular flexibility index (Phi) is 4.51. The van der Waals surface area contributed by atoms with E-state index in [1.807, 2.05) is 0 Å². The molecule has 0 aliphatic heterocycles. The molecule has 0 bridgehead atoms. The average molecular weight is 256 g/mol. The predicted molar refractivity (Wildman–Crippen MR) is 67.3 cm³/mol. The minimum absolute atomic E-state index is 0.276. The molecule has 0 fully saturated rings. The molecule has 0 aromatic heterocycles. The molecule has 1 aromatic rings. The fourth-order valence-corrected chi connectivity index (χ4v) is 2.58. The molecule has 1 aromatic carbocycles. The van der Waals surface area contributed by atoms with Crippen molar-refractivity contribution in [3.05, 3.63) is 18.2 Å². The molecule has 0 radical (unpaired) electrons. The molecule has 17 heavy (non-hydrogen) atoms. The fourth-order valence-electron chi connectivity index (χ4n) is 1.34. The number of methoxy groups -OCH3 is 1. The van der Waals surface area contributed by atoms with E-state index >= 15 is 0 Å². The monoisotopic (exact) mass is 256 g/mol. The van der Waals surface area contributed by atoms with Crippen molar-refractivity contribution in [3.63, 3.8) is 0 Å². The molecule has 3 N–H and O–H groups in total. The summed E-state index contributed by atoms with van der Waals surface area (Å²) < 4.78 is 17.3. The zero-order chi connectivity index (χ0) is 13.0. The Labute approximate surface area is 103 Å². The van der Waals surface area contributed by atoms with Gasteiger partial charge >= 0.3 is 0 Å². The molecule has 0 heterocycles. The van der Waals surface area contributed by atoms with Gasteiger partial charge in [0.1, 0.15) is 11.0 Å². The second kappa shape index (κ2) is 5.67. The third kappa shape index (κ3) is 2.97. The summed E-state index contributed by atoms with van der Waals surface area (Å²) in [4.78, 5) is 11.9. The summed E-state index contributed by atoms with van der Waals surface area (Å²) in [6.45, 7) is 1.60. The van der Waals surface area contributed by atoms with Gasteiger partial charge in [0.25, 0.3) is 0 Å². The molecule has 2 unspecified atom stereocenters. The summed E-state index contributed by atoms with van der Waals surface area (Å²) in [5, 5.41) is 1.83. The van der Waals surface area contributed by atoms with E-state index in [1.165, 1.54) is 14.2 Å². The quantitative estimate of drug-likeness (QED) is 0.769. The Bertz CT molecular complexity index is 448. The highest BCUT2D eigenvalue weighted by molar-refractivity contribution is 7.86. The Morgan fingerprint density at radius 3 is 2.71 bits per heavy atom. The average Bonchev–Trinajstić information content (AvgIpc) is 2.35. The first-order chi connectivity index (χ1) is 8.01. The van der Waals surface area contributed by atoms with Crippen molar-refractivity contribution in [1.29, 1.82) is 0 Å². The van der Waals surface area contributed by atoms with Crippen LogP contribution in [0.2, 0.25) is 0 Å². The number of nitrogens with two attached hydrogens (primary N) is 1. The number of benzene rings is 1. The largest absolute Gasteiger partial charge is 0.495 e. The van der Waals surface area contributed by atoms with E-state index in [4.69, 9.17) is 10.5 Å². The number of amides is 1. The van der Waals surface area contributed by atoms with Gasteiger partial charge in [0.05, 0.1) is 22.8 Å². The van der Waals surface area contributed by atoms with E-state index in [-0.39, 0.29) is 5.91 Å². The zero-order valence-corrected chi connectivity index (χ0v) is 10.8. The van der Waals surface area contributed by atoms with Crippen molar-refractivity contribution in [2.45, 2.75) is 17.1 Å². The van der Waals surface area contributed by atoms with Crippen LogP contribution < -0.4 is 15.8 Å². The molecule has 94 valence electrons. The molecule has 1 rings (SSSR count). The summed E-state index contributed by atoms with van der Waals surface area (Å²) in [7, 11) is 1.51. The molecule has 6 heteroatoms. The lowest BCUT2D eigenvalue weighted by Crippen LogP contribution is -2.32. The van der Waals surface area contributed by atoms with Crippen molar-refractivity contribution in [2.24, 2.45) is 0 Å². The SMILES string of the molecule is CNC(=O)C(C)S(=O)c1ccc(N)cc1OC. The van der Waals surface area contributed by atoms with Gasteiger partial charge in [-0.05, 0) is 19.1 Å². The molecule has 0 aliphatic carbocycles. The number of ether oxygens (including phenoxy) is 1. The maximum Gasteiger partial charge on any atom is 0.235 e. The van der Waals surface area contributed by atoms with Gasteiger partial charge in [-0.2, -0.15) is 0 Å². The lowest BCUT2D eigenvalue weighted by molar-refractivity contribution is -0.119. The number of anilines is 1. The Morgan fingerprint density at radius 1 is 1.53 bits per heavy atom. The van der Waals surface area contributed by atoms with E-state index in [9.17, 15) is 9.00 Å². The predicted octanol–water partition coefficient (Wildman–Crippen LogP) is 0.519.